The zero-order chi connectivity index (χ0) is 12.3. The molecule has 0 bridgehead atoms. The summed E-state index contributed by atoms with van der Waals surface area (Å²) in [4.78, 5) is 11.3. The lowest BCUT2D eigenvalue weighted by atomic mass is 10.1. The van der Waals surface area contributed by atoms with E-state index >= 15 is 0 Å². The minimum absolute atomic E-state index is 0.471. The molecule has 0 aliphatic carbocycles. The summed E-state index contributed by atoms with van der Waals surface area (Å²) in [6.45, 7) is 7.60. The Balaban J connectivity index is 2.00. The number of likely N-dealkylation sites (N-methyl/N-ethyl adjacent to an activating group) is 1. The van der Waals surface area contributed by atoms with Crippen molar-refractivity contribution in [3.05, 3.63) is 23.8 Å². The molecule has 1 saturated heterocycles. The highest BCUT2D eigenvalue weighted by atomic mass is 15.2. The summed E-state index contributed by atoms with van der Waals surface area (Å²) >= 11 is 0. The second-order valence-corrected chi connectivity index (χ2v) is 5.17. The number of hydrogen-bond donors (Lipinski definition) is 1. The second kappa shape index (κ2) is 5.56. The molecule has 1 aromatic rings. The van der Waals surface area contributed by atoms with Gasteiger partial charge in [0.25, 0.3) is 0 Å². The quantitative estimate of drug-likeness (QED) is 0.848. The van der Waals surface area contributed by atoms with Gasteiger partial charge < -0.3 is 10.2 Å². The highest BCUT2D eigenvalue weighted by molar-refractivity contribution is 5.07. The zero-order valence-electron chi connectivity index (χ0n) is 11.0. The summed E-state index contributed by atoms with van der Waals surface area (Å²) in [5.41, 5.74) is 1.14. The van der Waals surface area contributed by atoms with Crippen LogP contribution in [0.5, 0.6) is 0 Å². The first kappa shape index (κ1) is 12.5. The minimum Gasteiger partial charge on any atom is -0.311 e. The third-order valence-electron chi connectivity index (χ3n) is 3.21. The van der Waals surface area contributed by atoms with Crippen molar-refractivity contribution in [3.63, 3.8) is 0 Å². The summed E-state index contributed by atoms with van der Waals surface area (Å²) in [6, 6.07) is 2.49. The molecule has 4 heteroatoms. The third kappa shape index (κ3) is 3.48. The van der Waals surface area contributed by atoms with Gasteiger partial charge in [0.05, 0.1) is 0 Å². The van der Waals surface area contributed by atoms with Crippen LogP contribution in [-0.2, 0) is 6.42 Å². The van der Waals surface area contributed by atoms with Gasteiger partial charge in [-0.05, 0) is 19.0 Å². The van der Waals surface area contributed by atoms with Gasteiger partial charge in [0, 0.05) is 44.0 Å². The van der Waals surface area contributed by atoms with Crippen LogP contribution in [0.1, 0.15) is 31.3 Å². The average Bonchev–Trinajstić information content (AvgIpc) is 2.29. The van der Waals surface area contributed by atoms with Crippen LogP contribution in [0.4, 0.5) is 0 Å². The fraction of sp³-hybridized carbons (Fsp3) is 0.692. The molecule has 1 aromatic heterocycles. The summed E-state index contributed by atoms with van der Waals surface area (Å²) in [5, 5.41) is 3.53. The molecular weight excluding hydrogens is 212 g/mol. The fourth-order valence-electron chi connectivity index (χ4n) is 2.18. The van der Waals surface area contributed by atoms with E-state index in [0.717, 1.165) is 37.6 Å². The maximum Gasteiger partial charge on any atom is 0.130 e. The molecular formula is C13H22N4. The molecule has 2 heterocycles. The number of hydrogen-bond acceptors (Lipinski definition) is 4. The van der Waals surface area contributed by atoms with Crippen LogP contribution in [0.15, 0.2) is 12.3 Å². The van der Waals surface area contributed by atoms with Gasteiger partial charge >= 0.3 is 0 Å². The van der Waals surface area contributed by atoms with Crippen molar-refractivity contribution in [2.45, 2.75) is 32.2 Å². The van der Waals surface area contributed by atoms with E-state index in [-0.39, 0.29) is 0 Å². The zero-order valence-corrected chi connectivity index (χ0v) is 11.0. The Morgan fingerprint density at radius 1 is 1.53 bits per heavy atom. The van der Waals surface area contributed by atoms with E-state index in [2.05, 4.69) is 41.1 Å². The van der Waals surface area contributed by atoms with Crippen molar-refractivity contribution in [3.8, 4) is 0 Å². The average molecular weight is 234 g/mol. The molecule has 1 atom stereocenters. The molecule has 0 saturated carbocycles. The first-order valence-electron chi connectivity index (χ1n) is 6.39. The summed E-state index contributed by atoms with van der Waals surface area (Å²) < 4.78 is 0. The summed E-state index contributed by atoms with van der Waals surface area (Å²) in [5.74, 6) is 1.43. The Kier molecular flexibility index (Phi) is 4.07. The highest BCUT2D eigenvalue weighted by Gasteiger charge is 2.18. The molecule has 1 fully saturated rings. The van der Waals surface area contributed by atoms with Crippen molar-refractivity contribution in [2.24, 2.45) is 0 Å². The van der Waals surface area contributed by atoms with Crippen molar-refractivity contribution in [1.82, 2.24) is 20.2 Å². The van der Waals surface area contributed by atoms with Crippen LogP contribution < -0.4 is 5.32 Å². The lowest BCUT2D eigenvalue weighted by molar-refractivity contribution is 0.236. The Labute approximate surface area is 103 Å². The number of aromatic nitrogens is 2. The van der Waals surface area contributed by atoms with E-state index < -0.39 is 0 Å². The van der Waals surface area contributed by atoms with Gasteiger partial charge in [-0.25, -0.2) is 9.97 Å². The van der Waals surface area contributed by atoms with Crippen molar-refractivity contribution in [2.75, 3.05) is 26.7 Å². The van der Waals surface area contributed by atoms with Gasteiger partial charge in [-0.2, -0.15) is 0 Å². The van der Waals surface area contributed by atoms with E-state index in [1.807, 2.05) is 12.3 Å². The Bertz CT molecular complexity index is 364. The molecule has 0 aromatic carbocycles. The number of nitrogens with zero attached hydrogens (tertiary/aromatic N) is 3. The lowest BCUT2D eigenvalue weighted by Gasteiger charge is -2.30. The molecule has 94 valence electrons. The predicted molar refractivity (Wildman–Crippen MR) is 69.1 cm³/mol. The third-order valence-corrected chi connectivity index (χ3v) is 3.21. The molecule has 1 unspecified atom stereocenters. The lowest BCUT2D eigenvalue weighted by Crippen LogP contribution is -2.50. The Morgan fingerprint density at radius 3 is 3.06 bits per heavy atom. The van der Waals surface area contributed by atoms with Gasteiger partial charge in [-0.15, -0.1) is 0 Å². The van der Waals surface area contributed by atoms with E-state index in [0.29, 0.717) is 12.0 Å². The molecule has 0 radical (unpaired) electrons. The van der Waals surface area contributed by atoms with Gasteiger partial charge in [-0.1, -0.05) is 13.8 Å². The molecule has 1 aliphatic rings. The normalized spacial score (nSPS) is 22.0. The van der Waals surface area contributed by atoms with E-state index in [1.165, 1.54) is 0 Å². The second-order valence-electron chi connectivity index (χ2n) is 5.17. The first-order valence-corrected chi connectivity index (χ1v) is 6.39. The molecule has 0 spiro atoms. The Morgan fingerprint density at radius 2 is 2.35 bits per heavy atom. The van der Waals surface area contributed by atoms with Crippen molar-refractivity contribution >= 4 is 0 Å². The van der Waals surface area contributed by atoms with Gasteiger partial charge in [0.1, 0.15) is 5.82 Å². The van der Waals surface area contributed by atoms with Crippen molar-refractivity contribution in [1.29, 1.82) is 0 Å². The molecule has 1 aliphatic heterocycles. The number of nitrogens with one attached hydrogen (secondary N) is 1. The number of rotatable bonds is 3. The van der Waals surface area contributed by atoms with Crippen LogP contribution >= 0.6 is 0 Å². The predicted octanol–water partition coefficient (Wildman–Crippen LogP) is 1.05. The highest BCUT2D eigenvalue weighted by Crippen LogP contribution is 2.11. The van der Waals surface area contributed by atoms with Gasteiger partial charge in [0.2, 0.25) is 0 Å². The molecule has 1 N–H and O–H groups in total. The van der Waals surface area contributed by atoms with Gasteiger partial charge in [-0.3, -0.25) is 0 Å². The Hall–Kier alpha value is -1.00. The standard InChI is InChI=1S/C13H22N4/c1-10(2)12-4-5-15-13(16-12)8-11-9-17(3)7-6-14-11/h4-5,10-11,14H,6-9H2,1-3H3. The maximum absolute atomic E-state index is 4.62. The van der Waals surface area contributed by atoms with E-state index in [4.69, 9.17) is 0 Å². The van der Waals surface area contributed by atoms with Crippen LogP contribution in [0, 0.1) is 0 Å². The van der Waals surface area contributed by atoms with Crippen LogP contribution in [-0.4, -0.2) is 47.6 Å². The van der Waals surface area contributed by atoms with E-state index in [1.54, 1.807) is 0 Å². The van der Waals surface area contributed by atoms with Crippen LogP contribution in [0.25, 0.3) is 0 Å². The summed E-state index contributed by atoms with van der Waals surface area (Å²) in [6.07, 6.45) is 2.80. The van der Waals surface area contributed by atoms with Crippen molar-refractivity contribution < 1.29 is 0 Å². The largest absolute Gasteiger partial charge is 0.311 e. The maximum atomic E-state index is 4.62. The van der Waals surface area contributed by atoms with Crippen LogP contribution in [0.3, 0.4) is 0 Å². The fourth-order valence-corrected chi connectivity index (χ4v) is 2.18. The minimum atomic E-state index is 0.471. The first-order chi connectivity index (χ1) is 8.15. The number of piperazine rings is 1. The molecule has 2 rings (SSSR count). The SMILES string of the molecule is CC(C)c1ccnc(CC2CN(C)CCN2)n1. The molecule has 4 nitrogen and oxygen atoms in total. The van der Waals surface area contributed by atoms with E-state index in [9.17, 15) is 0 Å². The molecule has 17 heavy (non-hydrogen) atoms. The van der Waals surface area contributed by atoms with Gasteiger partial charge in [0.15, 0.2) is 0 Å². The molecule has 0 amide bonds. The summed E-state index contributed by atoms with van der Waals surface area (Å²) in [7, 11) is 2.17. The monoisotopic (exact) mass is 234 g/mol. The smallest absolute Gasteiger partial charge is 0.130 e. The topological polar surface area (TPSA) is 41.1 Å². The van der Waals surface area contributed by atoms with Crippen LogP contribution in [0.2, 0.25) is 0 Å².